The van der Waals surface area contributed by atoms with Gasteiger partial charge in [0, 0.05) is 25.4 Å². The van der Waals surface area contributed by atoms with E-state index >= 15 is 0 Å². The van der Waals surface area contributed by atoms with E-state index in [0.29, 0.717) is 19.4 Å². The van der Waals surface area contributed by atoms with Crippen LogP contribution in [0.1, 0.15) is 18.5 Å². The molecule has 132 valence electrons. The summed E-state index contributed by atoms with van der Waals surface area (Å²) in [5.74, 6) is -1.66. The van der Waals surface area contributed by atoms with Crippen molar-refractivity contribution < 1.29 is 23.1 Å². The molecule has 2 aromatic rings. The Morgan fingerprint density at radius 3 is 2.72 bits per heavy atom. The van der Waals surface area contributed by atoms with Gasteiger partial charge in [-0.25, -0.2) is 9.97 Å². The first-order chi connectivity index (χ1) is 11.8. The number of aliphatic carboxylic acids is 1. The highest BCUT2D eigenvalue weighted by Crippen LogP contribution is 2.32. The second kappa shape index (κ2) is 6.66. The van der Waals surface area contributed by atoms with Gasteiger partial charge >= 0.3 is 12.1 Å². The van der Waals surface area contributed by atoms with Gasteiger partial charge in [-0.15, -0.1) is 0 Å². The van der Waals surface area contributed by atoms with Gasteiger partial charge in [-0.05, 0) is 25.0 Å². The molecular formula is C16H15F3N4O2. The van der Waals surface area contributed by atoms with Crippen LogP contribution in [-0.4, -0.2) is 39.1 Å². The summed E-state index contributed by atoms with van der Waals surface area (Å²) in [6.45, 7) is 0.561. The Labute approximate surface area is 141 Å². The van der Waals surface area contributed by atoms with Gasteiger partial charge < -0.3 is 10.0 Å². The van der Waals surface area contributed by atoms with E-state index < -0.39 is 23.8 Å². The van der Waals surface area contributed by atoms with Gasteiger partial charge in [0.15, 0.2) is 11.5 Å². The van der Waals surface area contributed by atoms with Crippen LogP contribution in [0, 0.1) is 5.92 Å². The smallest absolute Gasteiger partial charge is 0.433 e. The molecule has 6 nitrogen and oxygen atoms in total. The molecule has 1 unspecified atom stereocenters. The Balaban J connectivity index is 2.02. The van der Waals surface area contributed by atoms with Crippen LogP contribution >= 0.6 is 0 Å². The van der Waals surface area contributed by atoms with Crippen LogP contribution in [0.15, 0.2) is 30.5 Å². The number of anilines is 1. The van der Waals surface area contributed by atoms with Crippen molar-refractivity contribution in [2.45, 2.75) is 19.0 Å². The SMILES string of the molecule is O=C(O)C1CCCN(c2cc(C(F)(F)F)nc(-c3ccccn3)n2)C1. The summed E-state index contributed by atoms with van der Waals surface area (Å²) in [4.78, 5) is 24.5. The third-order valence-corrected chi connectivity index (χ3v) is 3.99. The van der Waals surface area contributed by atoms with Crippen LogP contribution in [0.25, 0.3) is 11.5 Å². The number of piperidine rings is 1. The van der Waals surface area contributed by atoms with E-state index in [0.717, 1.165) is 6.07 Å². The summed E-state index contributed by atoms with van der Waals surface area (Å²) in [5, 5.41) is 9.17. The van der Waals surface area contributed by atoms with Crippen molar-refractivity contribution >= 4 is 11.8 Å². The molecular weight excluding hydrogens is 337 g/mol. The minimum atomic E-state index is -4.64. The molecule has 0 saturated carbocycles. The molecule has 3 heterocycles. The Hall–Kier alpha value is -2.71. The molecule has 0 spiro atoms. The van der Waals surface area contributed by atoms with Crippen LogP contribution in [0.2, 0.25) is 0 Å². The molecule has 0 aromatic carbocycles. The fourth-order valence-corrected chi connectivity index (χ4v) is 2.74. The van der Waals surface area contributed by atoms with Crippen molar-refractivity contribution in [3.05, 3.63) is 36.2 Å². The standard InChI is InChI=1S/C16H15F3N4O2/c17-16(18,19)12-8-13(23-7-3-4-10(9-23)15(24)25)22-14(21-12)11-5-1-2-6-20-11/h1-2,5-6,8,10H,3-4,7,9H2,(H,24,25). The molecule has 0 amide bonds. The summed E-state index contributed by atoms with van der Waals surface area (Å²) >= 11 is 0. The van der Waals surface area contributed by atoms with Crippen LogP contribution in [0.5, 0.6) is 0 Å². The quantitative estimate of drug-likeness (QED) is 0.915. The minimum absolute atomic E-state index is 0.0638. The number of carboxylic acid groups (broad SMARTS) is 1. The second-order valence-corrected chi connectivity index (χ2v) is 5.77. The van der Waals surface area contributed by atoms with Gasteiger partial charge in [0.2, 0.25) is 0 Å². The highest BCUT2D eigenvalue weighted by Gasteiger charge is 2.35. The van der Waals surface area contributed by atoms with Gasteiger partial charge in [-0.1, -0.05) is 6.07 Å². The van der Waals surface area contributed by atoms with Crippen molar-refractivity contribution in [2.75, 3.05) is 18.0 Å². The molecule has 3 rings (SSSR count). The monoisotopic (exact) mass is 352 g/mol. The maximum atomic E-state index is 13.2. The lowest BCUT2D eigenvalue weighted by Gasteiger charge is -2.32. The average Bonchev–Trinajstić information content (AvgIpc) is 2.61. The fraction of sp³-hybridized carbons (Fsp3) is 0.375. The van der Waals surface area contributed by atoms with Gasteiger partial charge in [0.05, 0.1) is 5.92 Å². The summed E-state index contributed by atoms with van der Waals surface area (Å²) in [6, 6.07) is 5.65. The molecule has 25 heavy (non-hydrogen) atoms. The zero-order chi connectivity index (χ0) is 18.0. The average molecular weight is 352 g/mol. The zero-order valence-electron chi connectivity index (χ0n) is 13.1. The molecule has 1 N–H and O–H groups in total. The number of hydrogen-bond acceptors (Lipinski definition) is 5. The van der Waals surface area contributed by atoms with Crippen LogP contribution in [-0.2, 0) is 11.0 Å². The third kappa shape index (κ3) is 3.86. The number of halogens is 3. The summed E-state index contributed by atoms with van der Waals surface area (Å²) in [7, 11) is 0. The molecule has 1 aliphatic heterocycles. The highest BCUT2D eigenvalue weighted by atomic mass is 19.4. The van der Waals surface area contributed by atoms with E-state index in [9.17, 15) is 18.0 Å². The topological polar surface area (TPSA) is 79.2 Å². The van der Waals surface area contributed by atoms with E-state index in [1.54, 1.807) is 17.0 Å². The second-order valence-electron chi connectivity index (χ2n) is 5.77. The molecule has 0 radical (unpaired) electrons. The molecule has 0 aliphatic carbocycles. The zero-order valence-corrected chi connectivity index (χ0v) is 13.1. The third-order valence-electron chi connectivity index (χ3n) is 3.99. The first kappa shape index (κ1) is 17.1. The van der Waals surface area contributed by atoms with Crippen molar-refractivity contribution in [2.24, 2.45) is 5.92 Å². The number of carbonyl (C=O) groups is 1. The Morgan fingerprint density at radius 1 is 1.28 bits per heavy atom. The van der Waals surface area contributed by atoms with E-state index in [2.05, 4.69) is 15.0 Å². The number of carboxylic acids is 1. The van der Waals surface area contributed by atoms with Crippen molar-refractivity contribution in [1.82, 2.24) is 15.0 Å². The molecule has 9 heteroatoms. The van der Waals surface area contributed by atoms with Gasteiger partial charge in [0.1, 0.15) is 11.5 Å². The summed E-state index contributed by atoms with van der Waals surface area (Å²) in [6.07, 6.45) is -2.12. The molecule has 1 atom stereocenters. The van der Waals surface area contributed by atoms with Gasteiger partial charge in [-0.3, -0.25) is 9.78 Å². The number of hydrogen-bond donors (Lipinski definition) is 1. The minimum Gasteiger partial charge on any atom is -0.481 e. The first-order valence-corrected chi connectivity index (χ1v) is 7.70. The van der Waals surface area contributed by atoms with Crippen molar-refractivity contribution in [3.8, 4) is 11.5 Å². The van der Waals surface area contributed by atoms with E-state index in [4.69, 9.17) is 5.11 Å². The molecule has 1 aliphatic rings. The Morgan fingerprint density at radius 2 is 2.08 bits per heavy atom. The lowest BCUT2D eigenvalue weighted by Crippen LogP contribution is -2.39. The van der Waals surface area contributed by atoms with Crippen LogP contribution in [0.3, 0.4) is 0 Å². The number of nitrogens with zero attached hydrogens (tertiary/aromatic N) is 4. The van der Waals surface area contributed by atoms with E-state index in [1.807, 2.05) is 0 Å². The molecule has 1 saturated heterocycles. The maximum absolute atomic E-state index is 13.2. The summed E-state index contributed by atoms with van der Waals surface area (Å²) < 4.78 is 39.6. The predicted molar refractivity (Wildman–Crippen MR) is 82.8 cm³/mol. The van der Waals surface area contributed by atoms with Gasteiger partial charge in [0.25, 0.3) is 0 Å². The Kier molecular flexibility index (Phi) is 4.56. The lowest BCUT2D eigenvalue weighted by atomic mass is 9.98. The number of alkyl halides is 3. The molecule has 0 bridgehead atoms. The predicted octanol–water partition coefficient (Wildman–Crippen LogP) is 2.86. The largest absolute Gasteiger partial charge is 0.481 e. The van der Waals surface area contributed by atoms with Crippen LogP contribution < -0.4 is 4.90 Å². The van der Waals surface area contributed by atoms with Crippen LogP contribution in [0.4, 0.5) is 19.0 Å². The molecule has 2 aromatic heterocycles. The maximum Gasteiger partial charge on any atom is 0.433 e. The highest BCUT2D eigenvalue weighted by molar-refractivity contribution is 5.71. The van der Waals surface area contributed by atoms with Crippen molar-refractivity contribution in [1.29, 1.82) is 0 Å². The fourth-order valence-electron chi connectivity index (χ4n) is 2.74. The number of rotatable bonds is 3. The van der Waals surface area contributed by atoms with E-state index in [-0.39, 0.29) is 23.9 Å². The summed E-state index contributed by atoms with van der Waals surface area (Å²) in [5.41, 5.74) is -0.850. The normalized spacial score (nSPS) is 18.2. The first-order valence-electron chi connectivity index (χ1n) is 7.70. The van der Waals surface area contributed by atoms with Crippen molar-refractivity contribution in [3.63, 3.8) is 0 Å². The van der Waals surface area contributed by atoms with E-state index in [1.165, 1.54) is 12.3 Å². The molecule has 1 fully saturated rings. The number of pyridine rings is 1. The lowest BCUT2D eigenvalue weighted by molar-refractivity contribution is -0.142. The van der Waals surface area contributed by atoms with Gasteiger partial charge in [-0.2, -0.15) is 13.2 Å². The Bertz CT molecular complexity index is 768. The number of aromatic nitrogens is 3.